The van der Waals surface area contributed by atoms with Gasteiger partial charge in [0.05, 0.1) is 0 Å². The summed E-state index contributed by atoms with van der Waals surface area (Å²) in [6.45, 7) is 1.75. The van der Waals surface area contributed by atoms with Gasteiger partial charge in [-0.15, -0.1) is 10.2 Å². The fourth-order valence-electron chi connectivity index (χ4n) is 2.54. The lowest BCUT2D eigenvalue weighted by molar-refractivity contribution is -0.130. The van der Waals surface area contributed by atoms with Crippen LogP contribution in [0.25, 0.3) is 11.8 Å². The van der Waals surface area contributed by atoms with E-state index in [1.807, 2.05) is 60.7 Å². The first kappa shape index (κ1) is 15.7. The standard InChI is InChI=1S/C19H17N3O2/c1-14-20-21-18(13-16-10-6-3-7-11-16)22(14)17(19(23)24)12-15-8-4-2-5-9-15/h2-12H,13H2,1H3,(H,23,24)/b17-12-. The molecule has 120 valence electrons. The lowest BCUT2D eigenvalue weighted by Gasteiger charge is -2.10. The molecule has 0 unspecified atom stereocenters. The molecular formula is C19H17N3O2. The molecule has 0 aliphatic heterocycles. The van der Waals surface area contributed by atoms with Gasteiger partial charge in [0.1, 0.15) is 17.3 Å². The number of aromatic nitrogens is 3. The maximum Gasteiger partial charge on any atom is 0.352 e. The minimum atomic E-state index is -1.02. The number of aryl methyl sites for hydroxylation is 1. The van der Waals surface area contributed by atoms with Gasteiger partial charge < -0.3 is 5.11 Å². The van der Waals surface area contributed by atoms with E-state index in [-0.39, 0.29) is 5.70 Å². The number of aliphatic carboxylic acids is 1. The molecule has 0 radical (unpaired) electrons. The SMILES string of the molecule is Cc1nnc(Cc2ccccc2)n1/C(=C\c1ccccc1)C(=O)O. The minimum absolute atomic E-state index is 0.134. The Morgan fingerprint density at radius 3 is 2.29 bits per heavy atom. The summed E-state index contributed by atoms with van der Waals surface area (Å²) < 4.78 is 1.60. The molecule has 0 saturated carbocycles. The topological polar surface area (TPSA) is 68.0 Å². The van der Waals surface area contributed by atoms with E-state index in [9.17, 15) is 9.90 Å². The highest BCUT2D eigenvalue weighted by Crippen LogP contribution is 2.18. The van der Waals surface area contributed by atoms with Gasteiger partial charge in [0.2, 0.25) is 0 Å². The third kappa shape index (κ3) is 3.41. The van der Waals surface area contributed by atoms with E-state index in [2.05, 4.69) is 10.2 Å². The van der Waals surface area contributed by atoms with E-state index in [4.69, 9.17) is 0 Å². The monoisotopic (exact) mass is 319 g/mol. The molecule has 0 bridgehead atoms. The van der Waals surface area contributed by atoms with Crippen LogP contribution < -0.4 is 0 Å². The molecule has 0 atom stereocenters. The number of carbonyl (C=O) groups is 1. The molecule has 0 saturated heterocycles. The van der Waals surface area contributed by atoms with Crippen LogP contribution in [0.4, 0.5) is 0 Å². The molecule has 5 heteroatoms. The van der Waals surface area contributed by atoms with Crippen LogP contribution in [-0.4, -0.2) is 25.8 Å². The van der Waals surface area contributed by atoms with Crippen molar-refractivity contribution < 1.29 is 9.90 Å². The summed E-state index contributed by atoms with van der Waals surface area (Å²) in [7, 11) is 0. The van der Waals surface area contributed by atoms with Crippen LogP contribution in [0.2, 0.25) is 0 Å². The molecule has 3 aromatic rings. The molecule has 2 aromatic carbocycles. The minimum Gasteiger partial charge on any atom is -0.477 e. The van der Waals surface area contributed by atoms with Gasteiger partial charge in [0.25, 0.3) is 0 Å². The van der Waals surface area contributed by atoms with Crippen molar-refractivity contribution >= 4 is 17.7 Å². The van der Waals surface area contributed by atoms with Gasteiger partial charge >= 0.3 is 5.97 Å². The Bertz CT molecular complexity index is 868. The zero-order valence-corrected chi connectivity index (χ0v) is 13.3. The second-order valence-electron chi connectivity index (χ2n) is 5.41. The number of carboxylic acids is 1. The third-order valence-corrected chi connectivity index (χ3v) is 3.66. The Balaban J connectivity index is 2.04. The fourth-order valence-corrected chi connectivity index (χ4v) is 2.54. The Morgan fingerprint density at radius 2 is 1.67 bits per heavy atom. The van der Waals surface area contributed by atoms with Crippen molar-refractivity contribution in [3.05, 3.63) is 83.4 Å². The first-order chi connectivity index (χ1) is 11.6. The molecular weight excluding hydrogens is 302 g/mol. The maximum atomic E-state index is 11.8. The summed E-state index contributed by atoms with van der Waals surface area (Å²) in [5.41, 5.74) is 2.00. The summed E-state index contributed by atoms with van der Waals surface area (Å²) >= 11 is 0. The molecule has 0 spiro atoms. The average Bonchev–Trinajstić information content (AvgIpc) is 2.95. The Hall–Kier alpha value is -3.21. The first-order valence-electron chi connectivity index (χ1n) is 7.60. The number of benzene rings is 2. The van der Waals surface area contributed by atoms with E-state index in [1.54, 1.807) is 17.6 Å². The van der Waals surface area contributed by atoms with Crippen LogP contribution >= 0.6 is 0 Å². The second kappa shape index (κ2) is 6.91. The smallest absolute Gasteiger partial charge is 0.352 e. The molecule has 0 amide bonds. The highest BCUT2D eigenvalue weighted by Gasteiger charge is 2.18. The second-order valence-corrected chi connectivity index (χ2v) is 5.41. The Kier molecular flexibility index (Phi) is 4.52. The molecule has 24 heavy (non-hydrogen) atoms. The van der Waals surface area contributed by atoms with Crippen molar-refractivity contribution in [3.8, 4) is 0 Å². The molecule has 1 heterocycles. The molecule has 3 rings (SSSR count). The molecule has 5 nitrogen and oxygen atoms in total. The molecule has 0 aliphatic carbocycles. The zero-order chi connectivity index (χ0) is 16.9. The Morgan fingerprint density at radius 1 is 1.04 bits per heavy atom. The van der Waals surface area contributed by atoms with Crippen molar-refractivity contribution in [2.24, 2.45) is 0 Å². The van der Waals surface area contributed by atoms with Crippen LogP contribution in [0.15, 0.2) is 60.7 Å². The summed E-state index contributed by atoms with van der Waals surface area (Å²) in [5, 5.41) is 17.9. The quantitative estimate of drug-likeness (QED) is 0.733. The summed E-state index contributed by atoms with van der Waals surface area (Å²) in [4.78, 5) is 11.8. The molecule has 0 aliphatic rings. The van der Waals surface area contributed by atoms with Gasteiger partial charge in [0.15, 0.2) is 0 Å². The van der Waals surface area contributed by atoms with E-state index < -0.39 is 5.97 Å². The van der Waals surface area contributed by atoms with Crippen molar-refractivity contribution in [2.45, 2.75) is 13.3 Å². The number of hydrogen-bond donors (Lipinski definition) is 1. The van der Waals surface area contributed by atoms with Crippen molar-refractivity contribution in [1.82, 2.24) is 14.8 Å². The normalized spacial score (nSPS) is 11.5. The van der Waals surface area contributed by atoms with Crippen LogP contribution in [0.3, 0.4) is 0 Å². The maximum absolute atomic E-state index is 11.8. The Labute approximate surface area is 139 Å². The number of hydrogen-bond acceptors (Lipinski definition) is 3. The zero-order valence-electron chi connectivity index (χ0n) is 13.3. The highest BCUT2D eigenvalue weighted by atomic mass is 16.4. The third-order valence-electron chi connectivity index (χ3n) is 3.66. The molecule has 1 N–H and O–H groups in total. The first-order valence-corrected chi connectivity index (χ1v) is 7.60. The van der Waals surface area contributed by atoms with E-state index in [0.29, 0.717) is 18.1 Å². The van der Waals surface area contributed by atoms with Gasteiger partial charge in [-0.3, -0.25) is 4.57 Å². The van der Waals surface area contributed by atoms with Crippen molar-refractivity contribution in [2.75, 3.05) is 0 Å². The number of rotatable bonds is 5. The van der Waals surface area contributed by atoms with E-state index in [0.717, 1.165) is 11.1 Å². The number of carboxylic acid groups (broad SMARTS) is 1. The molecule has 0 fully saturated rings. The summed E-state index contributed by atoms with van der Waals surface area (Å²) in [6.07, 6.45) is 2.15. The van der Waals surface area contributed by atoms with Crippen LogP contribution in [0, 0.1) is 6.92 Å². The van der Waals surface area contributed by atoms with Crippen molar-refractivity contribution in [3.63, 3.8) is 0 Å². The van der Waals surface area contributed by atoms with Crippen LogP contribution in [-0.2, 0) is 11.2 Å². The summed E-state index contributed by atoms with van der Waals surface area (Å²) in [6, 6.07) is 19.1. The molecule has 1 aromatic heterocycles. The van der Waals surface area contributed by atoms with Crippen LogP contribution in [0.5, 0.6) is 0 Å². The summed E-state index contributed by atoms with van der Waals surface area (Å²) in [5.74, 6) is 0.129. The predicted octanol–water partition coefficient (Wildman–Crippen LogP) is 3.26. The largest absolute Gasteiger partial charge is 0.477 e. The van der Waals surface area contributed by atoms with Gasteiger partial charge in [0, 0.05) is 6.42 Å². The van der Waals surface area contributed by atoms with Crippen molar-refractivity contribution in [1.29, 1.82) is 0 Å². The van der Waals surface area contributed by atoms with Gasteiger partial charge in [-0.25, -0.2) is 4.79 Å². The number of nitrogens with zero attached hydrogens (tertiary/aromatic N) is 3. The average molecular weight is 319 g/mol. The van der Waals surface area contributed by atoms with E-state index in [1.165, 1.54) is 0 Å². The van der Waals surface area contributed by atoms with Gasteiger partial charge in [-0.05, 0) is 24.1 Å². The lowest BCUT2D eigenvalue weighted by Crippen LogP contribution is -2.13. The predicted molar refractivity (Wildman–Crippen MR) is 92.3 cm³/mol. The van der Waals surface area contributed by atoms with Crippen LogP contribution in [0.1, 0.15) is 22.8 Å². The van der Waals surface area contributed by atoms with Gasteiger partial charge in [-0.1, -0.05) is 60.7 Å². The fraction of sp³-hybridized carbons (Fsp3) is 0.105. The van der Waals surface area contributed by atoms with Gasteiger partial charge in [-0.2, -0.15) is 0 Å². The van der Waals surface area contributed by atoms with E-state index >= 15 is 0 Å². The highest BCUT2D eigenvalue weighted by molar-refractivity contribution is 6.14. The lowest BCUT2D eigenvalue weighted by atomic mass is 10.1.